The minimum atomic E-state index is 0. The van der Waals surface area contributed by atoms with Gasteiger partial charge in [-0.3, -0.25) is 4.90 Å². The molecule has 0 radical (unpaired) electrons. The molecule has 0 aliphatic carbocycles. The summed E-state index contributed by atoms with van der Waals surface area (Å²) >= 11 is 0. The fourth-order valence-electron chi connectivity index (χ4n) is 2.97. The first-order valence-electron chi connectivity index (χ1n) is 7.88. The topological polar surface area (TPSA) is 3.24 Å². The van der Waals surface area contributed by atoms with E-state index in [1.807, 2.05) is 0 Å². The van der Waals surface area contributed by atoms with Crippen molar-refractivity contribution in [1.29, 1.82) is 0 Å². The molecule has 0 amide bonds. The monoisotopic (exact) mass is 325 g/mol. The number of halogens is 1. The van der Waals surface area contributed by atoms with Gasteiger partial charge in [0.25, 0.3) is 0 Å². The molecule has 0 spiro atoms. The van der Waals surface area contributed by atoms with Crippen LogP contribution in [-0.4, -0.2) is 11.9 Å². The van der Waals surface area contributed by atoms with Gasteiger partial charge < -0.3 is 0 Å². The van der Waals surface area contributed by atoms with Crippen LogP contribution in [0.15, 0.2) is 66.7 Å². The van der Waals surface area contributed by atoms with Crippen LogP contribution in [0.3, 0.4) is 0 Å². The molecule has 0 N–H and O–H groups in total. The largest absolute Gasteiger partial charge is 0.295 e. The second kappa shape index (κ2) is 7.63. The third kappa shape index (κ3) is 3.93. The molecule has 0 heterocycles. The quantitative estimate of drug-likeness (QED) is 0.589. The molecule has 3 aromatic carbocycles. The van der Waals surface area contributed by atoms with Crippen molar-refractivity contribution >= 4 is 23.2 Å². The molecule has 2 heteroatoms. The van der Waals surface area contributed by atoms with Crippen molar-refractivity contribution in [2.75, 3.05) is 7.05 Å². The van der Waals surface area contributed by atoms with Gasteiger partial charge in [0.15, 0.2) is 0 Å². The maximum Gasteiger partial charge on any atom is 0.0326 e. The minimum absolute atomic E-state index is 0. The number of hydrogen-bond acceptors (Lipinski definition) is 1. The lowest BCUT2D eigenvalue weighted by Gasteiger charge is -2.26. The van der Waals surface area contributed by atoms with E-state index < -0.39 is 0 Å². The van der Waals surface area contributed by atoms with Crippen LogP contribution in [-0.2, 0) is 6.54 Å². The Morgan fingerprint density at radius 3 is 2.26 bits per heavy atom. The molecule has 23 heavy (non-hydrogen) atoms. The predicted octanol–water partition coefficient (Wildman–Crippen LogP) is 5.76. The van der Waals surface area contributed by atoms with Crippen molar-refractivity contribution in [1.82, 2.24) is 4.90 Å². The Hall–Kier alpha value is -1.83. The molecule has 1 atom stereocenters. The summed E-state index contributed by atoms with van der Waals surface area (Å²) in [7, 11) is 2.20. The van der Waals surface area contributed by atoms with Crippen LogP contribution in [0.2, 0.25) is 0 Å². The van der Waals surface area contributed by atoms with Crippen LogP contribution in [0.4, 0.5) is 0 Å². The van der Waals surface area contributed by atoms with E-state index in [0.717, 1.165) is 6.54 Å². The van der Waals surface area contributed by atoms with E-state index in [2.05, 4.69) is 92.5 Å². The minimum Gasteiger partial charge on any atom is -0.295 e. The Morgan fingerprint density at radius 1 is 0.870 bits per heavy atom. The Morgan fingerprint density at radius 2 is 1.52 bits per heavy atom. The zero-order chi connectivity index (χ0) is 15.5. The van der Waals surface area contributed by atoms with Gasteiger partial charge in [0.1, 0.15) is 0 Å². The maximum absolute atomic E-state index is 2.41. The molecular weight excluding hydrogens is 302 g/mol. The van der Waals surface area contributed by atoms with Gasteiger partial charge in [-0.1, -0.05) is 72.3 Å². The number of fused-ring (bicyclic) bond motifs is 1. The normalized spacial score (nSPS) is 12.2. The summed E-state index contributed by atoms with van der Waals surface area (Å²) in [5.41, 5.74) is 4.07. The summed E-state index contributed by atoms with van der Waals surface area (Å²) in [5, 5.41) is 2.67. The summed E-state index contributed by atoms with van der Waals surface area (Å²) < 4.78 is 0. The van der Waals surface area contributed by atoms with Crippen LogP contribution in [0.1, 0.15) is 29.7 Å². The Kier molecular flexibility index (Phi) is 5.81. The number of benzene rings is 3. The SMILES string of the molecule is Cc1ccc(CN(C)[C@H](C)c2cccc3ccccc23)cc1.Cl. The summed E-state index contributed by atoms with van der Waals surface area (Å²) in [6.45, 7) is 5.38. The molecule has 0 aromatic heterocycles. The smallest absolute Gasteiger partial charge is 0.0326 e. The number of hydrogen-bond donors (Lipinski definition) is 0. The summed E-state index contributed by atoms with van der Waals surface area (Å²) in [5.74, 6) is 0. The van der Waals surface area contributed by atoms with E-state index >= 15 is 0 Å². The fraction of sp³-hybridized carbons (Fsp3) is 0.238. The van der Waals surface area contributed by atoms with Gasteiger partial charge in [-0.05, 0) is 42.8 Å². The molecule has 0 saturated carbocycles. The molecule has 1 nitrogen and oxygen atoms in total. The second-order valence-electron chi connectivity index (χ2n) is 6.15. The first kappa shape index (κ1) is 17.5. The van der Waals surface area contributed by atoms with Gasteiger partial charge in [-0.2, -0.15) is 0 Å². The van der Waals surface area contributed by atoms with Crippen LogP contribution in [0, 0.1) is 6.92 Å². The molecule has 0 saturated heterocycles. The number of nitrogens with zero attached hydrogens (tertiary/aromatic N) is 1. The van der Waals surface area contributed by atoms with E-state index in [4.69, 9.17) is 0 Å². The van der Waals surface area contributed by atoms with Gasteiger partial charge >= 0.3 is 0 Å². The Balaban J connectivity index is 0.00000192. The zero-order valence-corrected chi connectivity index (χ0v) is 14.8. The van der Waals surface area contributed by atoms with Crippen LogP contribution in [0.5, 0.6) is 0 Å². The van der Waals surface area contributed by atoms with Crippen molar-refractivity contribution in [3.8, 4) is 0 Å². The van der Waals surface area contributed by atoms with Crippen molar-refractivity contribution in [2.24, 2.45) is 0 Å². The molecular formula is C21H24ClN. The van der Waals surface area contributed by atoms with E-state index in [1.165, 1.54) is 27.5 Å². The maximum atomic E-state index is 2.41. The van der Waals surface area contributed by atoms with Crippen molar-refractivity contribution in [3.63, 3.8) is 0 Å². The highest BCUT2D eigenvalue weighted by Gasteiger charge is 2.14. The lowest BCUT2D eigenvalue weighted by Crippen LogP contribution is -2.22. The molecule has 0 aliphatic rings. The number of rotatable bonds is 4. The van der Waals surface area contributed by atoms with Crippen molar-refractivity contribution < 1.29 is 0 Å². The third-order valence-corrected chi connectivity index (χ3v) is 4.49. The van der Waals surface area contributed by atoms with Crippen LogP contribution in [0.25, 0.3) is 10.8 Å². The third-order valence-electron chi connectivity index (χ3n) is 4.49. The lowest BCUT2D eigenvalue weighted by atomic mass is 9.98. The lowest BCUT2D eigenvalue weighted by molar-refractivity contribution is 0.254. The fourth-order valence-corrected chi connectivity index (χ4v) is 2.97. The van der Waals surface area contributed by atoms with Crippen molar-refractivity contribution in [2.45, 2.75) is 26.4 Å². The van der Waals surface area contributed by atoms with Crippen LogP contribution >= 0.6 is 12.4 Å². The van der Waals surface area contributed by atoms with Gasteiger partial charge in [0, 0.05) is 12.6 Å². The van der Waals surface area contributed by atoms with Gasteiger partial charge in [-0.15, -0.1) is 12.4 Å². The first-order chi connectivity index (χ1) is 10.6. The van der Waals surface area contributed by atoms with E-state index in [9.17, 15) is 0 Å². The molecule has 0 unspecified atom stereocenters. The van der Waals surface area contributed by atoms with E-state index in [-0.39, 0.29) is 12.4 Å². The Bertz CT molecular complexity index is 759. The van der Waals surface area contributed by atoms with Gasteiger partial charge in [0.05, 0.1) is 0 Å². The molecule has 0 aliphatic heterocycles. The summed E-state index contributed by atoms with van der Waals surface area (Å²) in [4.78, 5) is 2.41. The van der Waals surface area contributed by atoms with Gasteiger partial charge in [-0.25, -0.2) is 0 Å². The molecule has 120 valence electrons. The number of aryl methyl sites for hydroxylation is 1. The van der Waals surface area contributed by atoms with E-state index in [1.54, 1.807) is 0 Å². The zero-order valence-electron chi connectivity index (χ0n) is 14.0. The van der Waals surface area contributed by atoms with Gasteiger partial charge in [0.2, 0.25) is 0 Å². The standard InChI is InChI=1S/C21H23N.ClH/c1-16-11-13-18(14-12-16)15-22(3)17(2)20-10-6-8-19-7-4-5-9-21(19)20;/h4-14,17H,15H2,1-3H3;1H/t17-;/m1./s1. The highest BCUT2D eigenvalue weighted by Crippen LogP contribution is 2.28. The first-order valence-corrected chi connectivity index (χ1v) is 7.88. The summed E-state index contributed by atoms with van der Waals surface area (Å²) in [6.07, 6.45) is 0. The molecule has 0 bridgehead atoms. The highest BCUT2D eigenvalue weighted by atomic mass is 35.5. The second-order valence-corrected chi connectivity index (χ2v) is 6.15. The predicted molar refractivity (Wildman–Crippen MR) is 102 cm³/mol. The van der Waals surface area contributed by atoms with E-state index in [0.29, 0.717) is 6.04 Å². The Labute approximate surface area is 145 Å². The molecule has 0 fully saturated rings. The molecule has 3 rings (SSSR count). The highest BCUT2D eigenvalue weighted by molar-refractivity contribution is 5.86. The van der Waals surface area contributed by atoms with Crippen molar-refractivity contribution in [3.05, 3.63) is 83.4 Å². The average molecular weight is 326 g/mol. The summed E-state index contributed by atoms with van der Waals surface area (Å²) in [6, 6.07) is 24.4. The van der Waals surface area contributed by atoms with Crippen LogP contribution < -0.4 is 0 Å². The molecule has 3 aromatic rings. The average Bonchev–Trinajstić information content (AvgIpc) is 2.55.